The number of hydrogen-bond acceptors (Lipinski definition) is 1. The van der Waals surface area contributed by atoms with Crippen molar-refractivity contribution in [3.8, 4) is 16.9 Å². The van der Waals surface area contributed by atoms with Crippen molar-refractivity contribution in [1.82, 2.24) is 0 Å². The van der Waals surface area contributed by atoms with E-state index in [0.717, 1.165) is 23.6 Å². The van der Waals surface area contributed by atoms with E-state index >= 15 is 4.39 Å². The summed E-state index contributed by atoms with van der Waals surface area (Å²) in [5.41, 5.74) is 2.35. The highest BCUT2D eigenvalue weighted by Gasteiger charge is 2.20. The van der Waals surface area contributed by atoms with Crippen LogP contribution in [-0.4, -0.2) is 6.61 Å². The highest BCUT2D eigenvalue weighted by molar-refractivity contribution is 5.88. The summed E-state index contributed by atoms with van der Waals surface area (Å²) >= 11 is 0. The lowest BCUT2D eigenvalue weighted by Gasteiger charge is -2.28. The number of alkyl halides is 2. The van der Waals surface area contributed by atoms with Crippen LogP contribution in [0.15, 0.2) is 54.6 Å². The van der Waals surface area contributed by atoms with Crippen molar-refractivity contribution in [3.63, 3.8) is 0 Å². The minimum absolute atomic E-state index is 0.0639. The van der Waals surface area contributed by atoms with E-state index in [4.69, 9.17) is 0 Å². The van der Waals surface area contributed by atoms with Gasteiger partial charge in [0, 0.05) is 10.9 Å². The van der Waals surface area contributed by atoms with Gasteiger partial charge in [-0.25, -0.2) is 4.39 Å². The third-order valence-electron chi connectivity index (χ3n) is 7.18. The Labute approximate surface area is 195 Å². The standard InChI is InChI=1S/C29H33F3O/c1-2-3-4-20-5-7-21(8-6-20)9-10-22-11-17-27-24(19-22)14-18-26(28(27)30)23-12-15-25(16-13-23)33-29(31)32/h11-21,29H,2-10H2,1H3. The number of fused-ring (bicyclic) bond motifs is 1. The second-order valence-electron chi connectivity index (χ2n) is 9.45. The van der Waals surface area contributed by atoms with Crippen LogP contribution >= 0.6 is 0 Å². The number of unbranched alkanes of at least 4 members (excludes halogenated alkanes) is 1. The fourth-order valence-corrected chi connectivity index (χ4v) is 5.21. The normalized spacial score (nSPS) is 18.7. The molecule has 0 N–H and O–H groups in total. The molecule has 0 aliphatic heterocycles. The number of hydrogen-bond donors (Lipinski definition) is 0. The lowest BCUT2D eigenvalue weighted by Crippen LogP contribution is -2.15. The summed E-state index contributed by atoms with van der Waals surface area (Å²) in [6.45, 7) is -0.601. The quantitative estimate of drug-likeness (QED) is 0.313. The third-order valence-corrected chi connectivity index (χ3v) is 7.18. The first-order valence-electron chi connectivity index (χ1n) is 12.3. The van der Waals surface area contributed by atoms with Crippen LogP contribution in [0.4, 0.5) is 13.2 Å². The Morgan fingerprint density at radius 1 is 0.879 bits per heavy atom. The van der Waals surface area contributed by atoms with Crippen LogP contribution in [0.3, 0.4) is 0 Å². The van der Waals surface area contributed by atoms with Gasteiger partial charge < -0.3 is 4.74 Å². The highest BCUT2D eigenvalue weighted by Crippen LogP contribution is 2.35. The van der Waals surface area contributed by atoms with Gasteiger partial charge in [0.2, 0.25) is 0 Å². The van der Waals surface area contributed by atoms with E-state index < -0.39 is 6.61 Å². The molecule has 0 spiro atoms. The van der Waals surface area contributed by atoms with Gasteiger partial charge in [-0.05, 0) is 53.3 Å². The van der Waals surface area contributed by atoms with Gasteiger partial charge in [-0.15, -0.1) is 0 Å². The molecule has 0 radical (unpaired) electrons. The average Bonchev–Trinajstić information content (AvgIpc) is 2.82. The number of rotatable bonds is 9. The molecule has 4 heteroatoms. The molecule has 3 aromatic carbocycles. The van der Waals surface area contributed by atoms with Gasteiger partial charge in [-0.1, -0.05) is 94.3 Å². The van der Waals surface area contributed by atoms with Crippen LogP contribution in [0.5, 0.6) is 5.75 Å². The van der Waals surface area contributed by atoms with Crippen LogP contribution in [0, 0.1) is 17.7 Å². The fraction of sp³-hybridized carbons (Fsp3) is 0.448. The maximum atomic E-state index is 15.2. The maximum absolute atomic E-state index is 15.2. The van der Waals surface area contributed by atoms with Gasteiger partial charge in [-0.2, -0.15) is 8.78 Å². The average molecular weight is 455 g/mol. The molecule has 1 aliphatic carbocycles. The van der Waals surface area contributed by atoms with E-state index in [-0.39, 0.29) is 11.6 Å². The summed E-state index contributed by atoms with van der Waals surface area (Å²) in [6, 6.07) is 15.8. The van der Waals surface area contributed by atoms with Gasteiger partial charge in [0.15, 0.2) is 0 Å². The Hall–Kier alpha value is -2.49. The lowest BCUT2D eigenvalue weighted by atomic mass is 9.78. The van der Waals surface area contributed by atoms with Gasteiger partial charge in [0.05, 0.1) is 0 Å². The largest absolute Gasteiger partial charge is 0.435 e. The second-order valence-corrected chi connectivity index (χ2v) is 9.45. The molecule has 0 saturated heterocycles. The molecular weight excluding hydrogens is 421 g/mol. The number of aryl methyl sites for hydroxylation is 1. The van der Waals surface area contributed by atoms with Gasteiger partial charge in [0.1, 0.15) is 11.6 Å². The van der Waals surface area contributed by atoms with Crippen molar-refractivity contribution in [2.45, 2.75) is 71.3 Å². The molecule has 0 amide bonds. The smallest absolute Gasteiger partial charge is 0.387 e. The molecule has 0 bridgehead atoms. The fourth-order valence-electron chi connectivity index (χ4n) is 5.21. The number of ether oxygens (including phenoxy) is 1. The summed E-state index contributed by atoms with van der Waals surface area (Å²) in [7, 11) is 0. The minimum Gasteiger partial charge on any atom is -0.435 e. The Morgan fingerprint density at radius 2 is 1.58 bits per heavy atom. The molecule has 0 unspecified atom stereocenters. The molecule has 1 nitrogen and oxygen atoms in total. The molecule has 4 rings (SSSR count). The second kappa shape index (κ2) is 11.1. The number of benzene rings is 3. The van der Waals surface area contributed by atoms with E-state index in [9.17, 15) is 8.78 Å². The van der Waals surface area contributed by atoms with Crippen LogP contribution in [-0.2, 0) is 6.42 Å². The minimum atomic E-state index is -2.87. The number of halogens is 3. The van der Waals surface area contributed by atoms with Gasteiger partial charge >= 0.3 is 6.61 Å². The van der Waals surface area contributed by atoms with E-state index in [1.807, 2.05) is 18.2 Å². The third kappa shape index (κ3) is 6.10. The predicted molar refractivity (Wildman–Crippen MR) is 129 cm³/mol. The Morgan fingerprint density at radius 3 is 2.24 bits per heavy atom. The molecule has 33 heavy (non-hydrogen) atoms. The van der Waals surface area contributed by atoms with Crippen molar-refractivity contribution < 1.29 is 17.9 Å². The first-order chi connectivity index (χ1) is 16.0. The van der Waals surface area contributed by atoms with Crippen LogP contribution < -0.4 is 4.74 Å². The molecule has 0 atom stereocenters. The molecule has 176 valence electrons. The molecule has 0 aromatic heterocycles. The maximum Gasteiger partial charge on any atom is 0.387 e. The summed E-state index contributed by atoms with van der Waals surface area (Å²) in [4.78, 5) is 0. The van der Waals surface area contributed by atoms with E-state index in [0.29, 0.717) is 16.5 Å². The van der Waals surface area contributed by atoms with Gasteiger partial charge in [-0.3, -0.25) is 0 Å². The zero-order valence-electron chi connectivity index (χ0n) is 19.3. The zero-order valence-corrected chi connectivity index (χ0v) is 19.3. The topological polar surface area (TPSA) is 9.23 Å². The van der Waals surface area contributed by atoms with Gasteiger partial charge in [0.25, 0.3) is 0 Å². The highest BCUT2D eigenvalue weighted by atomic mass is 19.3. The Bertz CT molecular complexity index is 1040. The SMILES string of the molecule is CCCCC1CCC(CCc2ccc3c(F)c(-c4ccc(OC(F)F)cc4)ccc3c2)CC1. The van der Waals surface area contributed by atoms with Crippen molar-refractivity contribution in [2.24, 2.45) is 11.8 Å². The zero-order chi connectivity index (χ0) is 23.2. The molecule has 1 fully saturated rings. The summed E-state index contributed by atoms with van der Waals surface area (Å²) in [5, 5.41) is 1.48. The molecule has 3 aromatic rings. The Balaban J connectivity index is 1.40. The van der Waals surface area contributed by atoms with Crippen LogP contribution in [0.2, 0.25) is 0 Å². The molecule has 0 heterocycles. The van der Waals surface area contributed by atoms with Crippen molar-refractivity contribution in [3.05, 3.63) is 66.0 Å². The van der Waals surface area contributed by atoms with Crippen molar-refractivity contribution in [2.75, 3.05) is 0 Å². The van der Waals surface area contributed by atoms with Crippen molar-refractivity contribution in [1.29, 1.82) is 0 Å². The van der Waals surface area contributed by atoms with Crippen molar-refractivity contribution >= 4 is 10.8 Å². The van der Waals surface area contributed by atoms with E-state index in [2.05, 4.69) is 17.7 Å². The monoisotopic (exact) mass is 454 g/mol. The summed E-state index contributed by atoms with van der Waals surface area (Å²) < 4.78 is 44.3. The molecule has 1 saturated carbocycles. The lowest BCUT2D eigenvalue weighted by molar-refractivity contribution is -0.0498. The summed E-state index contributed by atoms with van der Waals surface area (Å²) in [5.74, 6) is 1.53. The van der Waals surface area contributed by atoms with E-state index in [1.165, 1.54) is 69.1 Å². The Kier molecular flexibility index (Phi) is 7.95. The first kappa shape index (κ1) is 23.7. The summed E-state index contributed by atoms with van der Waals surface area (Å²) in [6.07, 6.45) is 11.8. The van der Waals surface area contributed by atoms with Crippen LogP contribution in [0.1, 0.15) is 63.9 Å². The molecular formula is C29H33F3O. The van der Waals surface area contributed by atoms with E-state index in [1.54, 1.807) is 18.2 Å². The predicted octanol–water partition coefficient (Wildman–Crippen LogP) is 9.18. The molecule has 1 aliphatic rings. The van der Waals surface area contributed by atoms with Crippen LogP contribution in [0.25, 0.3) is 21.9 Å². The first-order valence-corrected chi connectivity index (χ1v) is 12.3.